The molecule has 7 heteroatoms. The minimum atomic E-state index is -0.633. The number of hydrogen-bond donors (Lipinski definition) is 0. The summed E-state index contributed by atoms with van der Waals surface area (Å²) in [6, 6.07) is 14.0. The highest BCUT2D eigenvalue weighted by atomic mass is 79.9. The van der Waals surface area contributed by atoms with Crippen LogP contribution in [0.5, 0.6) is 5.75 Å². The van der Waals surface area contributed by atoms with Crippen molar-refractivity contribution in [3.8, 4) is 5.75 Å². The molecule has 0 fully saturated rings. The van der Waals surface area contributed by atoms with Crippen LogP contribution >= 0.6 is 27.5 Å². The van der Waals surface area contributed by atoms with Crippen molar-refractivity contribution >= 4 is 45.1 Å². The average Bonchev–Trinajstić information content (AvgIpc) is 2.59. The van der Waals surface area contributed by atoms with Crippen LogP contribution in [0.1, 0.15) is 0 Å². The van der Waals surface area contributed by atoms with E-state index in [4.69, 9.17) is 21.1 Å². The van der Waals surface area contributed by atoms with E-state index in [0.717, 1.165) is 5.69 Å². The minimum absolute atomic E-state index is 0.303. The Balaban J connectivity index is 1.79. The molecule has 2 rings (SSSR count). The van der Waals surface area contributed by atoms with Gasteiger partial charge in [0.2, 0.25) is 0 Å². The SMILES string of the molecule is CN(C(=O)COC(=O)COc1ccc(Cl)cc1Br)c1ccccc1. The van der Waals surface area contributed by atoms with Gasteiger partial charge in [0, 0.05) is 17.8 Å². The minimum Gasteiger partial charge on any atom is -0.481 e. The van der Waals surface area contributed by atoms with Crippen molar-refractivity contribution in [2.24, 2.45) is 0 Å². The lowest BCUT2D eigenvalue weighted by Gasteiger charge is -2.17. The fourth-order valence-electron chi connectivity index (χ4n) is 1.81. The molecule has 24 heavy (non-hydrogen) atoms. The standard InChI is InChI=1S/C17H15BrClNO4/c1-20(13-5-3-2-4-6-13)16(21)10-24-17(22)11-23-15-8-7-12(19)9-14(15)18/h2-9H,10-11H2,1H3. The molecule has 5 nitrogen and oxygen atoms in total. The summed E-state index contributed by atoms with van der Waals surface area (Å²) in [5, 5.41) is 0.548. The second-order valence-corrected chi connectivity index (χ2v) is 6.10. The van der Waals surface area contributed by atoms with Gasteiger partial charge in [-0.25, -0.2) is 4.79 Å². The first-order chi connectivity index (χ1) is 11.5. The van der Waals surface area contributed by atoms with E-state index >= 15 is 0 Å². The molecule has 0 aliphatic heterocycles. The van der Waals surface area contributed by atoms with E-state index in [1.54, 1.807) is 37.4 Å². The van der Waals surface area contributed by atoms with Gasteiger partial charge in [-0.3, -0.25) is 4.79 Å². The van der Waals surface area contributed by atoms with E-state index < -0.39 is 5.97 Å². The lowest BCUT2D eigenvalue weighted by atomic mass is 10.3. The number of likely N-dealkylation sites (N-methyl/N-ethyl adjacent to an activating group) is 1. The molecule has 1 amide bonds. The smallest absolute Gasteiger partial charge is 0.344 e. The molecule has 0 N–H and O–H groups in total. The zero-order valence-electron chi connectivity index (χ0n) is 12.9. The monoisotopic (exact) mass is 411 g/mol. The Kier molecular flexibility index (Phi) is 6.63. The topological polar surface area (TPSA) is 55.8 Å². The summed E-state index contributed by atoms with van der Waals surface area (Å²) in [7, 11) is 1.62. The molecule has 0 saturated heterocycles. The lowest BCUT2D eigenvalue weighted by molar-refractivity contribution is -0.149. The van der Waals surface area contributed by atoms with Gasteiger partial charge in [0.1, 0.15) is 5.75 Å². The summed E-state index contributed by atoms with van der Waals surface area (Å²) in [6.45, 7) is -0.655. The maximum atomic E-state index is 12.0. The van der Waals surface area contributed by atoms with Crippen molar-refractivity contribution in [3.05, 3.63) is 58.0 Å². The molecule has 0 saturated carbocycles. The van der Waals surface area contributed by atoms with E-state index in [9.17, 15) is 9.59 Å². The van der Waals surface area contributed by atoms with Crippen LogP contribution in [0, 0.1) is 0 Å². The van der Waals surface area contributed by atoms with Gasteiger partial charge in [0.15, 0.2) is 13.2 Å². The van der Waals surface area contributed by atoms with Crippen LogP contribution in [0.25, 0.3) is 0 Å². The zero-order chi connectivity index (χ0) is 17.5. The molecule has 0 heterocycles. The van der Waals surface area contributed by atoms with Gasteiger partial charge in [0.05, 0.1) is 4.47 Å². The first-order valence-corrected chi connectivity index (χ1v) is 8.19. The van der Waals surface area contributed by atoms with Gasteiger partial charge in [-0.2, -0.15) is 0 Å². The van der Waals surface area contributed by atoms with E-state index in [0.29, 0.717) is 15.2 Å². The normalized spacial score (nSPS) is 10.1. The molecular weight excluding hydrogens is 398 g/mol. The molecule has 2 aromatic rings. The number of carbonyl (C=O) groups is 2. The summed E-state index contributed by atoms with van der Waals surface area (Å²) in [6.07, 6.45) is 0. The summed E-state index contributed by atoms with van der Waals surface area (Å²) >= 11 is 9.11. The number of para-hydroxylation sites is 1. The Morgan fingerprint density at radius 3 is 2.50 bits per heavy atom. The van der Waals surface area contributed by atoms with Crippen LogP contribution < -0.4 is 9.64 Å². The maximum absolute atomic E-state index is 12.0. The van der Waals surface area contributed by atoms with Crippen molar-refractivity contribution in [2.45, 2.75) is 0 Å². The fraction of sp³-hybridized carbons (Fsp3) is 0.176. The summed E-state index contributed by atoms with van der Waals surface area (Å²) in [4.78, 5) is 25.1. The third kappa shape index (κ3) is 5.25. The molecule has 0 aliphatic rings. The number of benzene rings is 2. The van der Waals surface area contributed by atoms with Crippen molar-refractivity contribution in [2.75, 3.05) is 25.2 Å². The predicted molar refractivity (Wildman–Crippen MR) is 95.5 cm³/mol. The molecule has 2 aromatic carbocycles. The van der Waals surface area contributed by atoms with E-state index in [1.165, 1.54) is 4.90 Å². The van der Waals surface area contributed by atoms with Gasteiger partial charge >= 0.3 is 5.97 Å². The first-order valence-electron chi connectivity index (χ1n) is 7.02. The van der Waals surface area contributed by atoms with Crippen LogP contribution in [0.2, 0.25) is 5.02 Å². The molecular formula is C17H15BrClNO4. The molecule has 0 atom stereocenters. The quantitative estimate of drug-likeness (QED) is 0.679. The van der Waals surface area contributed by atoms with Crippen molar-refractivity contribution in [1.82, 2.24) is 0 Å². The Labute approximate surface area is 153 Å². The van der Waals surface area contributed by atoms with Crippen molar-refractivity contribution in [1.29, 1.82) is 0 Å². The molecule has 0 radical (unpaired) electrons. The fourth-order valence-corrected chi connectivity index (χ4v) is 2.60. The molecule has 0 unspecified atom stereocenters. The predicted octanol–water partition coefficient (Wildman–Crippen LogP) is 3.69. The molecule has 0 aliphatic carbocycles. The zero-order valence-corrected chi connectivity index (χ0v) is 15.2. The number of hydrogen-bond acceptors (Lipinski definition) is 4. The molecule has 126 valence electrons. The largest absolute Gasteiger partial charge is 0.481 e. The van der Waals surface area contributed by atoms with Crippen molar-refractivity contribution < 1.29 is 19.1 Å². The summed E-state index contributed by atoms with van der Waals surface area (Å²) < 4.78 is 10.9. The van der Waals surface area contributed by atoms with Crippen LogP contribution in [0.15, 0.2) is 53.0 Å². The van der Waals surface area contributed by atoms with E-state index in [2.05, 4.69) is 15.9 Å². The highest BCUT2D eigenvalue weighted by Gasteiger charge is 2.14. The summed E-state index contributed by atoms with van der Waals surface area (Å²) in [5.74, 6) is -0.502. The highest BCUT2D eigenvalue weighted by molar-refractivity contribution is 9.10. The summed E-state index contributed by atoms with van der Waals surface area (Å²) in [5.41, 5.74) is 0.722. The van der Waals surface area contributed by atoms with Crippen LogP contribution in [0.4, 0.5) is 5.69 Å². The maximum Gasteiger partial charge on any atom is 0.344 e. The number of anilines is 1. The van der Waals surface area contributed by atoms with Gasteiger partial charge < -0.3 is 14.4 Å². The van der Waals surface area contributed by atoms with Crippen LogP contribution in [-0.2, 0) is 14.3 Å². The molecule has 0 spiro atoms. The Morgan fingerprint density at radius 2 is 1.83 bits per heavy atom. The number of rotatable bonds is 6. The molecule has 0 bridgehead atoms. The lowest BCUT2D eigenvalue weighted by Crippen LogP contribution is -2.31. The van der Waals surface area contributed by atoms with Gasteiger partial charge in [-0.1, -0.05) is 29.8 Å². The number of ether oxygens (including phenoxy) is 2. The second-order valence-electron chi connectivity index (χ2n) is 4.81. The molecule has 0 aromatic heterocycles. The third-order valence-corrected chi connectivity index (χ3v) is 3.97. The Bertz CT molecular complexity index is 724. The van der Waals surface area contributed by atoms with Crippen LogP contribution in [-0.4, -0.2) is 32.1 Å². The van der Waals surface area contributed by atoms with Gasteiger partial charge in [0.25, 0.3) is 5.91 Å². The number of halogens is 2. The second kappa shape index (κ2) is 8.70. The number of carbonyl (C=O) groups excluding carboxylic acids is 2. The van der Waals surface area contributed by atoms with Crippen molar-refractivity contribution in [3.63, 3.8) is 0 Å². The Hall–Kier alpha value is -2.05. The number of amides is 1. The third-order valence-electron chi connectivity index (χ3n) is 3.11. The first kappa shape index (κ1) is 18.3. The van der Waals surface area contributed by atoms with Crippen LogP contribution in [0.3, 0.4) is 0 Å². The highest BCUT2D eigenvalue weighted by Crippen LogP contribution is 2.27. The van der Waals surface area contributed by atoms with Gasteiger partial charge in [-0.05, 0) is 46.3 Å². The average molecular weight is 413 g/mol. The van der Waals surface area contributed by atoms with E-state index in [1.807, 2.05) is 18.2 Å². The number of nitrogens with zero attached hydrogens (tertiary/aromatic N) is 1. The number of esters is 1. The Morgan fingerprint density at radius 1 is 1.12 bits per heavy atom. The van der Waals surface area contributed by atoms with E-state index in [-0.39, 0.29) is 19.1 Å². The van der Waals surface area contributed by atoms with Gasteiger partial charge in [-0.15, -0.1) is 0 Å².